The van der Waals surface area contributed by atoms with E-state index in [1.807, 2.05) is 43.3 Å². The van der Waals surface area contributed by atoms with E-state index in [0.717, 1.165) is 17.3 Å². The predicted molar refractivity (Wildman–Crippen MR) is 92.1 cm³/mol. The molecule has 1 N–H and O–H groups in total. The van der Waals surface area contributed by atoms with E-state index in [2.05, 4.69) is 5.32 Å². The van der Waals surface area contributed by atoms with Crippen molar-refractivity contribution in [3.8, 4) is 5.75 Å². The maximum absolute atomic E-state index is 12.7. The van der Waals surface area contributed by atoms with E-state index >= 15 is 0 Å². The summed E-state index contributed by atoms with van der Waals surface area (Å²) in [6.07, 6.45) is 0. The number of nitrogens with one attached hydrogen (secondary N) is 1. The van der Waals surface area contributed by atoms with Gasteiger partial charge in [-0.25, -0.2) is 4.90 Å². The van der Waals surface area contributed by atoms with Crippen LogP contribution < -0.4 is 15.0 Å². The monoisotopic (exact) mass is 328 g/mol. The number of nitrogens with zero attached hydrogens (tertiary/aromatic N) is 1. The van der Waals surface area contributed by atoms with Crippen LogP contribution >= 0.6 is 11.8 Å². The molecular formula is C17H16N2O3S. The number of aryl methyl sites for hydroxylation is 1. The average Bonchev–Trinajstić information content (AvgIpc) is 2.83. The van der Waals surface area contributed by atoms with Gasteiger partial charge in [0.2, 0.25) is 0 Å². The van der Waals surface area contributed by atoms with Crippen LogP contribution in [-0.2, 0) is 4.79 Å². The zero-order valence-electron chi connectivity index (χ0n) is 12.8. The average molecular weight is 328 g/mol. The van der Waals surface area contributed by atoms with Gasteiger partial charge in [0, 0.05) is 0 Å². The first-order valence-electron chi connectivity index (χ1n) is 7.11. The number of benzene rings is 2. The van der Waals surface area contributed by atoms with Gasteiger partial charge in [0.25, 0.3) is 11.1 Å². The number of thioether (sulfide) groups is 1. The lowest BCUT2D eigenvalue weighted by Gasteiger charge is -2.17. The number of rotatable bonds is 4. The molecule has 0 bridgehead atoms. The number of para-hydroxylation sites is 3. The molecule has 0 unspecified atom stereocenters. The summed E-state index contributed by atoms with van der Waals surface area (Å²) in [5, 5.41) is 2.14. The first-order valence-corrected chi connectivity index (χ1v) is 7.99. The number of anilines is 2. The third-order valence-corrected chi connectivity index (χ3v) is 4.54. The summed E-state index contributed by atoms with van der Waals surface area (Å²) in [7, 11) is 1.56. The number of amides is 2. The maximum atomic E-state index is 12.7. The first kappa shape index (κ1) is 15.4. The molecule has 2 amide bonds. The number of imide groups is 1. The minimum atomic E-state index is -0.668. The second-order valence-corrected chi connectivity index (χ2v) is 6.12. The molecule has 118 valence electrons. The first-order chi connectivity index (χ1) is 11.1. The molecule has 0 aromatic heterocycles. The molecule has 1 heterocycles. The Kier molecular flexibility index (Phi) is 4.25. The smallest absolute Gasteiger partial charge is 0.295 e. The summed E-state index contributed by atoms with van der Waals surface area (Å²) in [5.41, 5.74) is 2.19. The van der Waals surface area contributed by atoms with Gasteiger partial charge in [0.15, 0.2) is 5.37 Å². The Labute approximate surface area is 138 Å². The number of hydrogen-bond acceptors (Lipinski definition) is 5. The highest BCUT2D eigenvalue weighted by Crippen LogP contribution is 2.35. The summed E-state index contributed by atoms with van der Waals surface area (Å²) in [5.74, 6) is 0.350. The molecule has 3 rings (SSSR count). The quantitative estimate of drug-likeness (QED) is 0.928. The summed E-state index contributed by atoms with van der Waals surface area (Å²) in [6.45, 7) is 1.88. The molecule has 1 saturated heterocycles. The Morgan fingerprint density at radius 3 is 2.52 bits per heavy atom. The van der Waals surface area contributed by atoms with Crippen molar-refractivity contribution in [3.63, 3.8) is 0 Å². The Hall–Kier alpha value is -2.47. The number of ether oxygens (including phenoxy) is 1. The van der Waals surface area contributed by atoms with Crippen LogP contribution in [0.25, 0.3) is 0 Å². The molecular weight excluding hydrogens is 312 g/mol. The van der Waals surface area contributed by atoms with Crippen LogP contribution in [0.2, 0.25) is 0 Å². The van der Waals surface area contributed by atoms with E-state index in [0.29, 0.717) is 17.1 Å². The molecule has 0 spiro atoms. The second-order valence-electron chi connectivity index (χ2n) is 5.07. The highest BCUT2D eigenvalue weighted by Gasteiger charge is 2.41. The Balaban J connectivity index is 1.86. The van der Waals surface area contributed by atoms with Crippen molar-refractivity contribution in [3.05, 3.63) is 54.1 Å². The van der Waals surface area contributed by atoms with Crippen molar-refractivity contribution in [1.82, 2.24) is 0 Å². The lowest BCUT2D eigenvalue weighted by molar-refractivity contribution is -0.116. The van der Waals surface area contributed by atoms with E-state index in [-0.39, 0.29) is 11.1 Å². The van der Waals surface area contributed by atoms with Gasteiger partial charge >= 0.3 is 0 Å². The van der Waals surface area contributed by atoms with Gasteiger partial charge in [-0.2, -0.15) is 0 Å². The molecule has 2 aromatic carbocycles. The van der Waals surface area contributed by atoms with Gasteiger partial charge in [-0.3, -0.25) is 9.59 Å². The predicted octanol–water partition coefficient (Wildman–Crippen LogP) is 3.64. The lowest BCUT2D eigenvalue weighted by Crippen LogP contribution is -2.34. The van der Waals surface area contributed by atoms with Crippen molar-refractivity contribution in [2.24, 2.45) is 0 Å². The van der Waals surface area contributed by atoms with Crippen LogP contribution in [0, 0.1) is 6.92 Å². The molecule has 0 aliphatic carbocycles. The van der Waals surface area contributed by atoms with Crippen molar-refractivity contribution in [2.75, 3.05) is 17.3 Å². The summed E-state index contributed by atoms with van der Waals surface area (Å²) in [6, 6.07) is 14.6. The fourth-order valence-corrected chi connectivity index (χ4v) is 3.33. The van der Waals surface area contributed by atoms with Crippen LogP contribution in [0.1, 0.15) is 5.56 Å². The summed E-state index contributed by atoms with van der Waals surface area (Å²) in [4.78, 5) is 26.2. The molecule has 2 aromatic rings. The van der Waals surface area contributed by atoms with E-state index < -0.39 is 5.37 Å². The van der Waals surface area contributed by atoms with Gasteiger partial charge in [-0.05, 0) is 42.4 Å². The molecule has 23 heavy (non-hydrogen) atoms. The minimum absolute atomic E-state index is 0.278. The third-order valence-electron chi connectivity index (χ3n) is 3.60. The molecule has 0 saturated carbocycles. The molecule has 1 aliphatic heterocycles. The summed E-state index contributed by atoms with van der Waals surface area (Å²) < 4.78 is 5.27. The number of carbonyl (C=O) groups excluding carboxylic acids is 2. The van der Waals surface area contributed by atoms with Crippen LogP contribution in [0.15, 0.2) is 48.5 Å². The van der Waals surface area contributed by atoms with Crippen molar-refractivity contribution in [2.45, 2.75) is 12.3 Å². The fraction of sp³-hybridized carbons (Fsp3) is 0.176. The number of hydrogen-bond donors (Lipinski definition) is 1. The number of carbonyl (C=O) groups is 2. The molecule has 1 fully saturated rings. The van der Waals surface area contributed by atoms with E-state index in [9.17, 15) is 9.59 Å². The SMILES string of the molecule is COc1ccccc1N[C@H]1SC(=O)N(c2ccccc2C)C1=O. The van der Waals surface area contributed by atoms with Crippen LogP contribution in [0.3, 0.4) is 0 Å². The minimum Gasteiger partial charge on any atom is -0.495 e. The van der Waals surface area contributed by atoms with Gasteiger partial charge in [-0.1, -0.05) is 30.3 Å². The zero-order valence-corrected chi connectivity index (χ0v) is 13.6. The molecule has 5 nitrogen and oxygen atoms in total. The summed E-state index contributed by atoms with van der Waals surface area (Å²) >= 11 is 0.970. The van der Waals surface area contributed by atoms with Crippen LogP contribution in [0.5, 0.6) is 5.75 Å². The maximum Gasteiger partial charge on any atom is 0.295 e. The zero-order chi connectivity index (χ0) is 16.4. The van der Waals surface area contributed by atoms with Crippen molar-refractivity contribution >= 4 is 34.3 Å². The Morgan fingerprint density at radius 2 is 1.78 bits per heavy atom. The molecule has 0 radical (unpaired) electrons. The highest BCUT2D eigenvalue weighted by molar-refractivity contribution is 8.16. The normalized spacial score (nSPS) is 17.5. The Bertz CT molecular complexity index is 763. The second kappa shape index (κ2) is 6.34. The highest BCUT2D eigenvalue weighted by atomic mass is 32.2. The van der Waals surface area contributed by atoms with Gasteiger partial charge < -0.3 is 10.1 Å². The lowest BCUT2D eigenvalue weighted by atomic mass is 10.2. The van der Waals surface area contributed by atoms with E-state index in [4.69, 9.17) is 4.74 Å². The van der Waals surface area contributed by atoms with Crippen molar-refractivity contribution in [1.29, 1.82) is 0 Å². The largest absolute Gasteiger partial charge is 0.495 e. The molecule has 1 atom stereocenters. The van der Waals surface area contributed by atoms with Crippen LogP contribution in [0.4, 0.5) is 16.2 Å². The Morgan fingerprint density at radius 1 is 1.09 bits per heavy atom. The van der Waals surface area contributed by atoms with E-state index in [1.165, 1.54) is 4.90 Å². The van der Waals surface area contributed by atoms with Gasteiger partial charge in [0.1, 0.15) is 5.75 Å². The third kappa shape index (κ3) is 2.90. The van der Waals surface area contributed by atoms with Gasteiger partial charge in [0.05, 0.1) is 18.5 Å². The number of methoxy groups -OCH3 is 1. The van der Waals surface area contributed by atoms with Crippen LogP contribution in [-0.4, -0.2) is 23.6 Å². The topological polar surface area (TPSA) is 58.6 Å². The molecule has 1 aliphatic rings. The van der Waals surface area contributed by atoms with E-state index in [1.54, 1.807) is 19.2 Å². The fourth-order valence-electron chi connectivity index (χ4n) is 2.44. The molecule has 6 heteroatoms. The standard InChI is InChI=1S/C17H16N2O3S/c1-11-7-3-5-9-13(11)19-16(20)15(23-17(19)21)18-12-8-4-6-10-14(12)22-2/h3-10,15,18H,1-2H3/t15-/m0/s1. The van der Waals surface area contributed by atoms with Crippen molar-refractivity contribution < 1.29 is 14.3 Å². The van der Waals surface area contributed by atoms with Gasteiger partial charge in [-0.15, -0.1) is 0 Å².